The van der Waals surface area contributed by atoms with E-state index in [9.17, 15) is 0 Å². The highest BCUT2D eigenvalue weighted by molar-refractivity contribution is 5.17. The molecule has 1 aliphatic heterocycles. The van der Waals surface area contributed by atoms with E-state index in [-0.39, 0.29) is 6.10 Å². The maximum Gasteiger partial charge on any atom is 0.0982 e. The van der Waals surface area contributed by atoms with Crippen molar-refractivity contribution in [3.63, 3.8) is 0 Å². The molecule has 0 N–H and O–H groups in total. The molecule has 1 fully saturated rings. The Morgan fingerprint density at radius 3 is 2.32 bits per heavy atom. The molecule has 0 amide bonds. The van der Waals surface area contributed by atoms with Gasteiger partial charge in [-0.25, -0.2) is 0 Å². The molecule has 2 aromatic carbocycles. The van der Waals surface area contributed by atoms with Gasteiger partial charge in [-0.1, -0.05) is 60.7 Å². The molecule has 25 heavy (non-hydrogen) atoms. The van der Waals surface area contributed by atoms with Gasteiger partial charge in [0, 0.05) is 31.4 Å². The first-order chi connectivity index (χ1) is 12.4. The number of benzene rings is 2. The standard InChI is InChI=1S/C21H23N3O/c1-3-7-18(8-4-1)14-23-11-12-25-21(17-23)20-13-22-24(16-20)15-19-9-5-2-6-10-19/h1-10,13,16,21H,11-12,14-15,17H2/t21-/m1/s1. The zero-order valence-electron chi connectivity index (χ0n) is 14.3. The summed E-state index contributed by atoms with van der Waals surface area (Å²) in [7, 11) is 0. The molecule has 3 aromatic rings. The Morgan fingerprint density at radius 1 is 0.920 bits per heavy atom. The minimum absolute atomic E-state index is 0.0991. The van der Waals surface area contributed by atoms with Crippen molar-refractivity contribution < 1.29 is 4.74 Å². The van der Waals surface area contributed by atoms with Crippen LogP contribution in [0.2, 0.25) is 0 Å². The van der Waals surface area contributed by atoms with Gasteiger partial charge in [-0.2, -0.15) is 5.10 Å². The molecule has 1 atom stereocenters. The Balaban J connectivity index is 1.40. The normalized spacial score (nSPS) is 18.3. The van der Waals surface area contributed by atoms with Gasteiger partial charge in [-0.05, 0) is 11.1 Å². The summed E-state index contributed by atoms with van der Waals surface area (Å²) in [6.07, 6.45) is 4.16. The van der Waals surface area contributed by atoms with Gasteiger partial charge in [-0.15, -0.1) is 0 Å². The molecule has 1 saturated heterocycles. The van der Waals surface area contributed by atoms with Crippen molar-refractivity contribution in [2.75, 3.05) is 19.7 Å². The summed E-state index contributed by atoms with van der Waals surface area (Å²) in [5.74, 6) is 0. The fraction of sp³-hybridized carbons (Fsp3) is 0.286. The minimum atomic E-state index is 0.0991. The Morgan fingerprint density at radius 2 is 1.60 bits per heavy atom. The van der Waals surface area contributed by atoms with E-state index in [1.54, 1.807) is 0 Å². The fourth-order valence-corrected chi connectivity index (χ4v) is 3.29. The second kappa shape index (κ2) is 7.64. The van der Waals surface area contributed by atoms with Gasteiger partial charge in [0.15, 0.2) is 0 Å². The van der Waals surface area contributed by atoms with Gasteiger partial charge >= 0.3 is 0 Å². The Labute approximate surface area is 148 Å². The molecule has 0 unspecified atom stereocenters. The van der Waals surface area contributed by atoms with E-state index < -0.39 is 0 Å². The van der Waals surface area contributed by atoms with Crippen molar-refractivity contribution in [2.45, 2.75) is 19.2 Å². The van der Waals surface area contributed by atoms with Crippen LogP contribution < -0.4 is 0 Å². The summed E-state index contributed by atoms with van der Waals surface area (Å²) in [4.78, 5) is 2.46. The number of hydrogen-bond acceptors (Lipinski definition) is 3. The van der Waals surface area contributed by atoms with E-state index in [1.165, 1.54) is 11.1 Å². The van der Waals surface area contributed by atoms with E-state index in [4.69, 9.17) is 4.74 Å². The second-order valence-corrected chi connectivity index (χ2v) is 6.54. The smallest absolute Gasteiger partial charge is 0.0982 e. The Bertz CT molecular complexity index is 785. The summed E-state index contributed by atoms with van der Waals surface area (Å²) < 4.78 is 7.99. The van der Waals surface area contributed by atoms with E-state index in [0.717, 1.165) is 38.3 Å². The minimum Gasteiger partial charge on any atom is -0.371 e. The lowest BCUT2D eigenvalue weighted by atomic mass is 10.1. The van der Waals surface area contributed by atoms with Gasteiger partial charge in [0.1, 0.15) is 0 Å². The SMILES string of the molecule is c1ccc(CN2CCO[C@@H](c3cnn(Cc4ccccc4)c3)C2)cc1. The lowest BCUT2D eigenvalue weighted by Crippen LogP contribution is -2.37. The van der Waals surface area contributed by atoms with Gasteiger partial charge < -0.3 is 4.74 Å². The number of rotatable bonds is 5. The van der Waals surface area contributed by atoms with Crippen molar-refractivity contribution in [3.8, 4) is 0 Å². The lowest BCUT2D eigenvalue weighted by molar-refractivity contribution is -0.0329. The molecule has 0 spiro atoms. The highest BCUT2D eigenvalue weighted by Gasteiger charge is 2.23. The number of nitrogens with zero attached hydrogens (tertiary/aromatic N) is 3. The van der Waals surface area contributed by atoms with Crippen LogP contribution in [-0.2, 0) is 17.8 Å². The lowest BCUT2D eigenvalue weighted by Gasteiger charge is -2.32. The molecule has 4 rings (SSSR count). The van der Waals surface area contributed by atoms with Crippen LogP contribution in [0.5, 0.6) is 0 Å². The van der Waals surface area contributed by atoms with Crippen molar-refractivity contribution in [1.82, 2.24) is 14.7 Å². The molecule has 1 aromatic heterocycles. The average molecular weight is 333 g/mol. The first-order valence-corrected chi connectivity index (χ1v) is 8.81. The summed E-state index contributed by atoms with van der Waals surface area (Å²) in [5, 5.41) is 4.51. The number of hydrogen-bond donors (Lipinski definition) is 0. The molecule has 4 nitrogen and oxygen atoms in total. The summed E-state index contributed by atoms with van der Waals surface area (Å²) in [6, 6.07) is 21.0. The third kappa shape index (κ3) is 4.16. The van der Waals surface area contributed by atoms with E-state index in [1.807, 2.05) is 16.9 Å². The van der Waals surface area contributed by atoms with Gasteiger partial charge in [-0.3, -0.25) is 9.58 Å². The summed E-state index contributed by atoms with van der Waals surface area (Å²) >= 11 is 0. The highest BCUT2D eigenvalue weighted by Crippen LogP contribution is 2.23. The Hall–Kier alpha value is -2.43. The zero-order valence-corrected chi connectivity index (χ0v) is 14.3. The predicted molar refractivity (Wildman–Crippen MR) is 98.2 cm³/mol. The van der Waals surface area contributed by atoms with Crippen LogP contribution in [0.25, 0.3) is 0 Å². The molecule has 4 heteroatoms. The molecule has 0 radical (unpaired) electrons. The van der Waals surface area contributed by atoms with Crippen molar-refractivity contribution >= 4 is 0 Å². The quantitative estimate of drug-likeness (QED) is 0.716. The van der Waals surface area contributed by atoms with Crippen molar-refractivity contribution in [3.05, 3.63) is 89.7 Å². The first-order valence-electron chi connectivity index (χ1n) is 8.81. The van der Waals surface area contributed by atoms with Crippen LogP contribution in [0, 0.1) is 0 Å². The molecule has 0 aliphatic carbocycles. The Kier molecular flexibility index (Phi) is 4.91. The van der Waals surface area contributed by atoms with E-state index in [2.05, 4.69) is 70.8 Å². The molecule has 1 aliphatic rings. The average Bonchev–Trinajstić information content (AvgIpc) is 3.12. The summed E-state index contributed by atoms with van der Waals surface area (Å²) in [5.41, 5.74) is 3.77. The van der Waals surface area contributed by atoms with Crippen LogP contribution in [0.4, 0.5) is 0 Å². The number of ether oxygens (including phenoxy) is 1. The molecule has 0 saturated carbocycles. The maximum atomic E-state index is 6.00. The zero-order chi connectivity index (χ0) is 16.9. The molecule has 0 bridgehead atoms. The topological polar surface area (TPSA) is 30.3 Å². The van der Waals surface area contributed by atoms with Crippen molar-refractivity contribution in [1.29, 1.82) is 0 Å². The van der Waals surface area contributed by atoms with Crippen LogP contribution in [0.1, 0.15) is 22.8 Å². The second-order valence-electron chi connectivity index (χ2n) is 6.54. The van der Waals surface area contributed by atoms with Crippen LogP contribution in [-0.4, -0.2) is 34.4 Å². The van der Waals surface area contributed by atoms with Gasteiger partial charge in [0.05, 0.1) is 25.5 Å². The molecular formula is C21H23N3O. The predicted octanol–water partition coefficient (Wildman–Crippen LogP) is 3.50. The van der Waals surface area contributed by atoms with Gasteiger partial charge in [0.2, 0.25) is 0 Å². The van der Waals surface area contributed by atoms with Gasteiger partial charge in [0.25, 0.3) is 0 Å². The van der Waals surface area contributed by atoms with Crippen molar-refractivity contribution in [2.24, 2.45) is 0 Å². The highest BCUT2D eigenvalue weighted by atomic mass is 16.5. The fourth-order valence-electron chi connectivity index (χ4n) is 3.29. The third-order valence-electron chi connectivity index (χ3n) is 4.61. The monoisotopic (exact) mass is 333 g/mol. The van der Waals surface area contributed by atoms with E-state index in [0.29, 0.717) is 0 Å². The first kappa shape index (κ1) is 16.1. The summed E-state index contributed by atoms with van der Waals surface area (Å²) in [6.45, 7) is 4.41. The maximum absolute atomic E-state index is 6.00. The van der Waals surface area contributed by atoms with Crippen LogP contribution in [0.15, 0.2) is 73.1 Å². The van der Waals surface area contributed by atoms with E-state index >= 15 is 0 Å². The molecule has 128 valence electrons. The number of aromatic nitrogens is 2. The third-order valence-corrected chi connectivity index (χ3v) is 4.61. The largest absolute Gasteiger partial charge is 0.371 e. The van der Waals surface area contributed by atoms with Crippen LogP contribution >= 0.6 is 0 Å². The van der Waals surface area contributed by atoms with Crippen LogP contribution in [0.3, 0.4) is 0 Å². The molecular weight excluding hydrogens is 310 g/mol. The number of morpholine rings is 1. The molecule has 2 heterocycles.